The van der Waals surface area contributed by atoms with E-state index in [0.717, 1.165) is 5.56 Å². The summed E-state index contributed by atoms with van der Waals surface area (Å²) in [5, 5.41) is 9.79. The fraction of sp³-hybridized carbons (Fsp3) is 0.417. The van der Waals surface area contributed by atoms with Crippen LogP contribution in [0.5, 0.6) is 17.2 Å². The number of aromatic hydroxyl groups is 1. The monoisotopic (exact) mass is 224 g/mol. The zero-order valence-electron chi connectivity index (χ0n) is 9.90. The van der Waals surface area contributed by atoms with Gasteiger partial charge in [0.25, 0.3) is 0 Å². The van der Waals surface area contributed by atoms with Crippen LogP contribution in [0, 0.1) is 0 Å². The molecule has 0 heterocycles. The molecule has 0 aliphatic carbocycles. The molecule has 0 spiro atoms. The van der Waals surface area contributed by atoms with Crippen molar-refractivity contribution in [1.29, 1.82) is 0 Å². The van der Waals surface area contributed by atoms with E-state index in [1.807, 2.05) is 13.8 Å². The first-order valence-corrected chi connectivity index (χ1v) is 5.00. The minimum atomic E-state index is -0.355. The lowest BCUT2D eigenvalue weighted by atomic mass is 10.1. The molecule has 0 unspecified atom stereocenters. The van der Waals surface area contributed by atoms with Gasteiger partial charge >= 0.3 is 0 Å². The highest BCUT2D eigenvalue weighted by Crippen LogP contribution is 2.33. The van der Waals surface area contributed by atoms with Crippen molar-refractivity contribution in [2.75, 3.05) is 14.2 Å². The topological polar surface area (TPSA) is 55.8 Å². The summed E-state index contributed by atoms with van der Waals surface area (Å²) >= 11 is 0. The van der Waals surface area contributed by atoms with Gasteiger partial charge in [0.15, 0.2) is 5.75 Å². The standard InChI is InChI=1S/C12H16O4/c1-7(2)8-5-9(13)12(16-4)11(14)10(6-8)15-3/h5-7,14H,1-4H3. The Labute approximate surface area is 94.4 Å². The Morgan fingerprint density at radius 2 is 1.81 bits per heavy atom. The van der Waals surface area contributed by atoms with E-state index in [0.29, 0.717) is 0 Å². The molecule has 0 amide bonds. The van der Waals surface area contributed by atoms with E-state index < -0.39 is 0 Å². The summed E-state index contributed by atoms with van der Waals surface area (Å²) in [6.45, 7) is 3.91. The molecule has 0 saturated carbocycles. The van der Waals surface area contributed by atoms with E-state index in [9.17, 15) is 9.90 Å². The molecular weight excluding hydrogens is 208 g/mol. The van der Waals surface area contributed by atoms with Gasteiger partial charge in [0.05, 0.1) is 14.2 Å². The zero-order chi connectivity index (χ0) is 12.3. The summed E-state index contributed by atoms with van der Waals surface area (Å²) in [4.78, 5) is 11.7. The Morgan fingerprint density at radius 3 is 2.25 bits per heavy atom. The average Bonchev–Trinajstić information content (AvgIpc) is 2.35. The Kier molecular flexibility index (Phi) is 3.77. The minimum Gasteiger partial charge on any atom is -0.502 e. The van der Waals surface area contributed by atoms with Gasteiger partial charge in [-0.05, 0) is 23.6 Å². The van der Waals surface area contributed by atoms with Gasteiger partial charge in [-0.15, -0.1) is 0 Å². The molecular formula is C12H16O4. The van der Waals surface area contributed by atoms with Gasteiger partial charge in [-0.3, -0.25) is 4.79 Å². The first-order valence-electron chi connectivity index (χ1n) is 5.00. The Bertz CT molecular complexity index is 438. The third kappa shape index (κ3) is 2.27. The second-order valence-electron chi connectivity index (χ2n) is 3.76. The van der Waals surface area contributed by atoms with Crippen molar-refractivity contribution >= 4 is 0 Å². The van der Waals surface area contributed by atoms with Crippen LogP contribution in [0.25, 0.3) is 0 Å². The van der Waals surface area contributed by atoms with E-state index in [4.69, 9.17) is 9.47 Å². The lowest BCUT2D eigenvalue weighted by molar-refractivity contribution is 0.340. The molecule has 1 rings (SSSR count). The number of rotatable bonds is 3. The molecule has 1 N–H and O–H groups in total. The smallest absolute Gasteiger partial charge is 0.224 e. The van der Waals surface area contributed by atoms with Gasteiger partial charge in [0.2, 0.25) is 16.9 Å². The molecule has 0 radical (unpaired) electrons. The van der Waals surface area contributed by atoms with Crippen LogP contribution in [-0.2, 0) is 0 Å². The average molecular weight is 224 g/mol. The molecule has 0 aliphatic heterocycles. The van der Waals surface area contributed by atoms with Gasteiger partial charge in [-0.2, -0.15) is 0 Å². The van der Waals surface area contributed by atoms with Crippen LogP contribution in [0.15, 0.2) is 16.9 Å². The van der Waals surface area contributed by atoms with Gasteiger partial charge in [-0.1, -0.05) is 13.8 Å². The largest absolute Gasteiger partial charge is 0.502 e. The van der Waals surface area contributed by atoms with E-state index in [1.165, 1.54) is 20.3 Å². The molecule has 16 heavy (non-hydrogen) atoms. The summed E-state index contributed by atoms with van der Waals surface area (Å²) in [6.07, 6.45) is 0. The summed E-state index contributed by atoms with van der Waals surface area (Å²) < 4.78 is 9.89. The van der Waals surface area contributed by atoms with E-state index in [1.54, 1.807) is 6.07 Å². The molecule has 0 saturated heterocycles. The van der Waals surface area contributed by atoms with E-state index >= 15 is 0 Å². The van der Waals surface area contributed by atoms with Gasteiger partial charge in [-0.25, -0.2) is 0 Å². The minimum absolute atomic E-state index is 0.0937. The van der Waals surface area contributed by atoms with Crippen LogP contribution in [0.1, 0.15) is 25.3 Å². The van der Waals surface area contributed by atoms with Crippen molar-refractivity contribution < 1.29 is 14.6 Å². The zero-order valence-corrected chi connectivity index (χ0v) is 9.90. The summed E-state index contributed by atoms with van der Waals surface area (Å²) in [7, 11) is 2.77. The number of hydrogen-bond acceptors (Lipinski definition) is 4. The number of hydrogen-bond donors (Lipinski definition) is 1. The third-order valence-corrected chi connectivity index (χ3v) is 2.36. The Morgan fingerprint density at radius 1 is 1.19 bits per heavy atom. The van der Waals surface area contributed by atoms with E-state index in [-0.39, 0.29) is 28.6 Å². The maximum absolute atomic E-state index is 11.7. The summed E-state index contributed by atoms with van der Waals surface area (Å²) in [5.74, 6) is 0.0476. The van der Waals surface area contributed by atoms with Crippen LogP contribution < -0.4 is 14.9 Å². The predicted molar refractivity (Wildman–Crippen MR) is 61.6 cm³/mol. The Balaban J connectivity index is 3.61. The molecule has 4 nitrogen and oxygen atoms in total. The Hall–Kier alpha value is -1.71. The van der Waals surface area contributed by atoms with Crippen molar-refractivity contribution in [2.24, 2.45) is 0 Å². The van der Waals surface area contributed by atoms with Crippen LogP contribution in [0.4, 0.5) is 0 Å². The van der Waals surface area contributed by atoms with Gasteiger partial charge in [0, 0.05) is 0 Å². The molecule has 88 valence electrons. The number of ether oxygens (including phenoxy) is 2. The SMILES string of the molecule is COc1cc(C(C)C)cc(=O)c(OC)c1O. The molecule has 4 heteroatoms. The van der Waals surface area contributed by atoms with Crippen molar-refractivity contribution in [1.82, 2.24) is 0 Å². The maximum Gasteiger partial charge on any atom is 0.224 e. The quantitative estimate of drug-likeness (QED) is 0.851. The summed E-state index contributed by atoms with van der Waals surface area (Å²) in [5.41, 5.74) is 0.437. The third-order valence-electron chi connectivity index (χ3n) is 2.36. The van der Waals surface area contributed by atoms with Crippen molar-refractivity contribution in [3.63, 3.8) is 0 Å². The first kappa shape index (κ1) is 12.4. The lowest BCUT2D eigenvalue weighted by Gasteiger charge is -2.04. The molecule has 0 aromatic heterocycles. The van der Waals surface area contributed by atoms with Crippen LogP contribution in [0.3, 0.4) is 0 Å². The van der Waals surface area contributed by atoms with Gasteiger partial charge < -0.3 is 14.6 Å². The molecule has 0 fully saturated rings. The highest BCUT2D eigenvalue weighted by atomic mass is 16.5. The highest BCUT2D eigenvalue weighted by molar-refractivity contribution is 5.50. The molecule has 0 bridgehead atoms. The first-order chi connectivity index (χ1) is 7.51. The second-order valence-corrected chi connectivity index (χ2v) is 3.76. The van der Waals surface area contributed by atoms with Crippen molar-refractivity contribution in [3.8, 4) is 17.2 Å². The lowest BCUT2D eigenvalue weighted by Crippen LogP contribution is -2.02. The van der Waals surface area contributed by atoms with Crippen LogP contribution in [0.2, 0.25) is 0 Å². The molecule has 0 aliphatic rings. The highest BCUT2D eigenvalue weighted by Gasteiger charge is 2.13. The van der Waals surface area contributed by atoms with Gasteiger partial charge in [0.1, 0.15) is 0 Å². The fourth-order valence-corrected chi connectivity index (χ4v) is 1.39. The molecule has 1 aromatic rings. The fourth-order valence-electron chi connectivity index (χ4n) is 1.39. The van der Waals surface area contributed by atoms with Crippen LogP contribution in [-0.4, -0.2) is 19.3 Å². The summed E-state index contributed by atoms with van der Waals surface area (Å²) in [6, 6.07) is 3.09. The number of methoxy groups -OCH3 is 2. The maximum atomic E-state index is 11.7. The van der Waals surface area contributed by atoms with E-state index in [2.05, 4.69) is 0 Å². The normalized spacial score (nSPS) is 10.3. The van der Waals surface area contributed by atoms with Crippen molar-refractivity contribution in [3.05, 3.63) is 27.9 Å². The predicted octanol–water partition coefficient (Wildman–Crippen LogP) is 1.89. The molecule has 0 atom stereocenters. The van der Waals surface area contributed by atoms with Crippen LogP contribution >= 0.6 is 0 Å². The molecule has 1 aromatic carbocycles. The van der Waals surface area contributed by atoms with Crippen molar-refractivity contribution in [2.45, 2.75) is 19.8 Å². The second kappa shape index (κ2) is 4.88.